The Kier molecular flexibility index (Phi) is 5.22. The molecule has 1 aliphatic carbocycles. The van der Waals surface area contributed by atoms with Gasteiger partial charge in [-0.05, 0) is 25.3 Å². The van der Waals surface area contributed by atoms with Gasteiger partial charge in [-0.25, -0.2) is 4.98 Å². The predicted octanol–water partition coefficient (Wildman–Crippen LogP) is 0.922. The van der Waals surface area contributed by atoms with Gasteiger partial charge in [-0.2, -0.15) is 8.78 Å². The molecule has 0 atom stereocenters. The minimum atomic E-state index is -2.56. The van der Waals surface area contributed by atoms with Crippen LogP contribution in [0, 0.1) is 5.92 Å². The number of halogens is 2. The van der Waals surface area contributed by atoms with Gasteiger partial charge >= 0.3 is 6.55 Å². The van der Waals surface area contributed by atoms with E-state index in [-0.39, 0.29) is 5.91 Å². The molecule has 3 rings (SSSR count). The summed E-state index contributed by atoms with van der Waals surface area (Å²) in [6, 6.07) is 0. The third-order valence-corrected chi connectivity index (χ3v) is 4.46. The van der Waals surface area contributed by atoms with Crippen molar-refractivity contribution in [2.45, 2.75) is 25.9 Å². The number of aromatic nitrogens is 2. The fourth-order valence-corrected chi connectivity index (χ4v) is 2.82. The second-order valence-corrected chi connectivity index (χ2v) is 6.26. The van der Waals surface area contributed by atoms with E-state index in [2.05, 4.69) is 15.2 Å². The first-order chi connectivity index (χ1) is 11.1. The molecule has 6 nitrogen and oxygen atoms in total. The molecular formula is C15H23F2N5O. The van der Waals surface area contributed by atoms with Crippen LogP contribution in [0.1, 0.15) is 25.2 Å². The fourth-order valence-electron chi connectivity index (χ4n) is 2.82. The maximum Gasteiger partial charge on any atom is 0.319 e. The lowest BCUT2D eigenvalue weighted by molar-refractivity contribution is -0.132. The lowest BCUT2D eigenvalue weighted by Gasteiger charge is -2.34. The molecular weight excluding hydrogens is 304 g/mol. The summed E-state index contributed by atoms with van der Waals surface area (Å²) in [6.07, 6.45) is 5.24. The number of carbonyl (C=O) groups is 1. The Hall–Kier alpha value is -1.54. The zero-order chi connectivity index (χ0) is 16.2. The smallest absolute Gasteiger partial charge is 0.319 e. The van der Waals surface area contributed by atoms with Gasteiger partial charge in [-0.15, -0.1) is 0 Å². The highest BCUT2D eigenvalue weighted by Crippen LogP contribution is 2.27. The topological polar surface area (TPSA) is 53.4 Å². The first-order valence-corrected chi connectivity index (χ1v) is 8.14. The van der Waals surface area contributed by atoms with Gasteiger partial charge in [0.15, 0.2) is 0 Å². The molecule has 23 heavy (non-hydrogen) atoms. The van der Waals surface area contributed by atoms with Crippen molar-refractivity contribution in [1.29, 1.82) is 0 Å². The maximum absolute atomic E-state index is 12.8. The molecule has 1 N–H and O–H groups in total. The highest BCUT2D eigenvalue weighted by atomic mass is 19.3. The number of rotatable bonds is 7. The second kappa shape index (κ2) is 7.35. The standard InChI is InChI=1S/C15H23F2N5O/c16-15(17)22-4-3-19-13(22)11-20-5-7-21(8-6-20)14(23)10-18-9-12-1-2-12/h3-4,12,15,18H,1-2,5-11H2. The van der Waals surface area contributed by atoms with Crippen LogP contribution in [-0.2, 0) is 11.3 Å². The molecule has 1 saturated heterocycles. The average molecular weight is 327 g/mol. The molecule has 128 valence electrons. The number of piperazine rings is 1. The van der Waals surface area contributed by atoms with E-state index in [1.54, 1.807) is 0 Å². The van der Waals surface area contributed by atoms with Gasteiger partial charge in [0.05, 0.1) is 13.1 Å². The molecule has 0 unspecified atom stereocenters. The Morgan fingerprint density at radius 2 is 2.04 bits per heavy atom. The zero-order valence-corrected chi connectivity index (χ0v) is 13.1. The van der Waals surface area contributed by atoms with Gasteiger partial charge in [0.2, 0.25) is 5.91 Å². The van der Waals surface area contributed by atoms with E-state index in [0.29, 0.717) is 45.1 Å². The van der Waals surface area contributed by atoms with Crippen molar-refractivity contribution < 1.29 is 13.6 Å². The summed E-state index contributed by atoms with van der Waals surface area (Å²) in [5, 5.41) is 3.21. The first kappa shape index (κ1) is 16.3. The van der Waals surface area contributed by atoms with Crippen molar-refractivity contribution in [2.24, 2.45) is 5.92 Å². The van der Waals surface area contributed by atoms with E-state index in [1.807, 2.05) is 4.90 Å². The highest BCUT2D eigenvalue weighted by Gasteiger charge is 2.24. The number of nitrogens with zero attached hydrogens (tertiary/aromatic N) is 4. The number of alkyl halides is 2. The van der Waals surface area contributed by atoms with Crippen LogP contribution in [0.2, 0.25) is 0 Å². The fraction of sp³-hybridized carbons (Fsp3) is 0.733. The number of hydrogen-bond acceptors (Lipinski definition) is 4. The molecule has 2 heterocycles. The normalized spacial score (nSPS) is 19.5. The molecule has 0 radical (unpaired) electrons. The Labute approximate surface area is 134 Å². The van der Waals surface area contributed by atoms with Crippen LogP contribution in [0.4, 0.5) is 8.78 Å². The third-order valence-electron chi connectivity index (χ3n) is 4.46. The van der Waals surface area contributed by atoms with Crippen molar-refractivity contribution in [2.75, 3.05) is 39.3 Å². The minimum absolute atomic E-state index is 0.124. The summed E-state index contributed by atoms with van der Waals surface area (Å²) >= 11 is 0. The minimum Gasteiger partial charge on any atom is -0.339 e. The predicted molar refractivity (Wildman–Crippen MR) is 80.9 cm³/mol. The quantitative estimate of drug-likeness (QED) is 0.809. The number of hydrogen-bond donors (Lipinski definition) is 1. The Balaban J connectivity index is 1.40. The van der Waals surface area contributed by atoms with Crippen LogP contribution < -0.4 is 5.32 Å². The third kappa shape index (κ3) is 4.48. The van der Waals surface area contributed by atoms with Crippen LogP contribution >= 0.6 is 0 Å². The van der Waals surface area contributed by atoms with E-state index >= 15 is 0 Å². The van der Waals surface area contributed by atoms with Crippen molar-refractivity contribution in [3.8, 4) is 0 Å². The van der Waals surface area contributed by atoms with Crippen LogP contribution in [-0.4, -0.2) is 64.5 Å². The lowest BCUT2D eigenvalue weighted by Crippen LogP contribution is -2.50. The molecule has 2 fully saturated rings. The molecule has 2 aliphatic rings. The molecule has 0 aromatic carbocycles. The summed E-state index contributed by atoms with van der Waals surface area (Å²) in [6.45, 7) is 1.80. The number of imidazole rings is 1. The lowest BCUT2D eigenvalue weighted by atomic mass is 10.3. The van der Waals surface area contributed by atoms with Crippen molar-refractivity contribution >= 4 is 5.91 Å². The number of amides is 1. The van der Waals surface area contributed by atoms with E-state index in [9.17, 15) is 13.6 Å². The van der Waals surface area contributed by atoms with Crippen LogP contribution in [0.15, 0.2) is 12.4 Å². The van der Waals surface area contributed by atoms with Gasteiger partial charge in [-0.1, -0.05) is 0 Å². The molecule has 0 spiro atoms. The van der Waals surface area contributed by atoms with Gasteiger partial charge in [0.25, 0.3) is 0 Å². The van der Waals surface area contributed by atoms with Crippen molar-refractivity contribution in [1.82, 2.24) is 24.7 Å². The summed E-state index contributed by atoms with van der Waals surface area (Å²) in [7, 11) is 0. The molecule has 1 saturated carbocycles. The van der Waals surface area contributed by atoms with Crippen LogP contribution in [0.5, 0.6) is 0 Å². The monoisotopic (exact) mass is 327 g/mol. The summed E-state index contributed by atoms with van der Waals surface area (Å²) in [5.74, 6) is 1.25. The van der Waals surface area contributed by atoms with E-state index in [4.69, 9.17) is 0 Å². The molecule has 0 bridgehead atoms. The second-order valence-electron chi connectivity index (χ2n) is 6.26. The zero-order valence-electron chi connectivity index (χ0n) is 13.1. The van der Waals surface area contributed by atoms with Crippen LogP contribution in [0.3, 0.4) is 0 Å². The molecule has 1 amide bonds. The Morgan fingerprint density at radius 1 is 1.30 bits per heavy atom. The van der Waals surface area contributed by atoms with E-state index < -0.39 is 6.55 Å². The summed E-state index contributed by atoms with van der Waals surface area (Å²) in [5.41, 5.74) is 0. The number of nitrogens with one attached hydrogen (secondary N) is 1. The van der Waals surface area contributed by atoms with E-state index in [1.165, 1.54) is 25.2 Å². The molecule has 1 aromatic rings. The maximum atomic E-state index is 12.8. The van der Waals surface area contributed by atoms with Crippen molar-refractivity contribution in [3.05, 3.63) is 18.2 Å². The van der Waals surface area contributed by atoms with Gasteiger partial charge in [-0.3, -0.25) is 14.3 Å². The summed E-state index contributed by atoms with van der Waals surface area (Å²) in [4.78, 5) is 20.0. The Bertz CT molecular complexity index is 524. The highest BCUT2D eigenvalue weighted by molar-refractivity contribution is 5.78. The van der Waals surface area contributed by atoms with E-state index in [0.717, 1.165) is 17.0 Å². The van der Waals surface area contributed by atoms with Crippen LogP contribution in [0.25, 0.3) is 0 Å². The van der Waals surface area contributed by atoms with Gasteiger partial charge < -0.3 is 10.2 Å². The molecule has 1 aromatic heterocycles. The molecule has 8 heteroatoms. The SMILES string of the molecule is O=C(CNCC1CC1)N1CCN(Cc2nccn2C(F)F)CC1. The number of carbonyl (C=O) groups excluding carboxylic acids is 1. The largest absolute Gasteiger partial charge is 0.339 e. The first-order valence-electron chi connectivity index (χ1n) is 8.14. The van der Waals surface area contributed by atoms with Gasteiger partial charge in [0.1, 0.15) is 5.82 Å². The average Bonchev–Trinajstić information content (AvgIpc) is 3.24. The summed E-state index contributed by atoms with van der Waals surface area (Å²) < 4.78 is 26.5. The Morgan fingerprint density at radius 3 is 2.70 bits per heavy atom. The van der Waals surface area contributed by atoms with Gasteiger partial charge in [0, 0.05) is 38.6 Å². The molecule has 1 aliphatic heterocycles. The van der Waals surface area contributed by atoms with Crippen molar-refractivity contribution in [3.63, 3.8) is 0 Å².